The molecule has 0 heterocycles. The van der Waals surface area contributed by atoms with E-state index in [9.17, 15) is 14.9 Å². The zero-order valence-electron chi connectivity index (χ0n) is 10.8. The third-order valence-electron chi connectivity index (χ3n) is 2.83. The molecular weight excluding hydrogens is 262 g/mol. The zero-order valence-corrected chi connectivity index (χ0v) is 10.8. The van der Waals surface area contributed by atoms with Crippen LogP contribution in [0, 0.1) is 21.4 Å². The van der Waals surface area contributed by atoms with E-state index in [1.165, 1.54) is 19.1 Å². The summed E-state index contributed by atoms with van der Waals surface area (Å²) < 4.78 is 4.81. The largest absolute Gasteiger partial charge is 0.444 e. The third kappa shape index (κ3) is 3.23. The molecule has 1 aromatic rings. The molecule has 1 atom stereocenters. The molecule has 0 spiro atoms. The van der Waals surface area contributed by atoms with Gasteiger partial charge < -0.3 is 10.1 Å². The zero-order chi connectivity index (χ0) is 14.7. The Morgan fingerprint density at radius 3 is 2.85 bits per heavy atom. The molecule has 0 bridgehead atoms. The summed E-state index contributed by atoms with van der Waals surface area (Å²) >= 11 is 0. The van der Waals surface area contributed by atoms with Gasteiger partial charge in [0.05, 0.1) is 10.5 Å². The lowest BCUT2D eigenvalue weighted by Gasteiger charge is -2.08. The molecule has 0 aromatic heterocycles. The summed E-state index contributed by atoms with van der Waals surface area (Å²) in [5.74, 6) is -0.750. The highest BCUT2D eigenvalue weighted by Gasteiger charge is 2.26. The number of nitrogens with one attached hydrogen (secondary N) is 1. The number of hydrogen-bond acceptors (Lipinski definition) is 6. The number of nitrogens with zero attached hydrogens (tertiary/aromatic N) is 2. The lowest BCUT2D eigenvalue weighted by atomic mass is 10.1. The molecule has 7 nitrogen and oxygen atoms in total. The minimum Gasteiger partial charge on any atom is -0.444 e. The Labute approximate surface area is 115 Å². The van der Waals surface area contributed by atoms with E-state index >= 15 is 0 Å². The lowest BCUT2D eigenvalue weighted by Crippen LogP contribution is -2.13. The predicted molar refractivity (Wildman–Crippen MR) is 70.2 cm³/mol. The van der Waals surface area contributed by atoms with Crippen molar-refractivity contribution in [1.29, 1.82) is 5.26 Å². The van der Waals surface area contributed by atoms with E-state index in [2.05, 4.69) is 5.32 Å². The van der Waals surface area contributed by atoms with Crippen molar-refractivity contribution in [2.75, 3.05) is 5.32 Å². The van der Waals surface area contributed by atoms with E-state index in [0.29, 0.717) is 5.69 Å². The monoisotopic (exact) mass is 275 g/mol. The summed E-state index contributed by atoms with van der Waals surface area (Å²) in [6.45, 7) is 1.43. The second kappa shape index (κ2) is 5.57. The van der Waals surface area contributed by atoms with Gasteiger partial charge in [0, 0.05) is 12.1 Å². The minimum atomic E-state index is -0.897. The highest BCUT2D eigenvalue weighted by molar-refractivity contribution is 5.91. The molecule has 1 N–H and O–H groups in total. The summed E-state index contributed by atoms with van der Waals surface area (Å²) in [5.41, 5.74) is 0.276. The molecule has 2 rings (SSSR count). The van der Waals surface area contributed by atoms with Crippen molar-refractivity contribution in [1.82, 2.24) is 0 Å². The standard InChI is InChI=1S/C13H13N3O4/c1-8(7-14)20-13(17)9-2-5-11(15-10-3-4-10)12(6-9)16(18)19/h2,5-6,8,10,15H,3-4H2,1H3. The average molecular weight is 275 g/mol. The van der Waals surface area contributed by atoms with Gasteiger partial charge in [-0.3, -0.25) is 10.1 Å². The normalized spacial score (nSPS) is 15.0. The van der Waals surface area contributed by atoms with Crippen molar-refractivity contribution in [2.24, 2.45) is 0 Å². The number of ether oxygens (including phenoxy) is 1. The molecule has 0 saturated heterocycles. The van der Waals surface area contributed by atoms with E-state index in [0.717, 1.165) is 18.9 Å². The van der Waals surface area contributed by atoms with Crippen LogP contribution in [0.3, 0.4) is 0 Å². The number of rotatable bonds is 5. The maximum atomic E-state index is 11.7. The first-order valence-corrected chi connectivity index (χ1v) is 6.17. The highest BCUT2D eigenvalue weighted by Crippen LogP contribution is 2.31. The Hall–Kier alpha value is -2.62. The number of esters is 1. The predicted octanol–water partition coefficient (Wildman–Crippen LogP) is 2.24. The van der Waals surface area contributed by atoms with E-state index in [4.69, 9.17) is 10.00 Å². The SMILES string of the molecule is CC(C#N)OC(=O)c1ccc(NC2CC2)c([N+](=O)[O-])c1. The van der Waals surface area contributed by atoms with Gasteiger partial charge in [-0.05, 0) is 31.9 Å². The van der Waals surface area contributed by atoms with Gasteiger partial charge in [-0.1, -0.05) is 0 Å². The first-order chi connectivity index (χ1) is 9.51. The van der Waals surface area contributed by atoms with Gasteiger partial charge in [0.2, 0.25) is 0 Å². The number of nitriles is 1. The van der Waals surface area contributed by atoms with Crippen LogP contribution in [-0.2, 0) is 4.74 Å². The molecule has 1 saturated carbocycles. The van der Waals surface area contributed by atoms with Crippen molar-refractivity contribution in [3.8, 4) is 6.07 Å². The smallest absolute Gasteiger partial charge is 0.339 e. The Morgan fingerprint density at radius 2 is 2.30 bits per heavy atom. The molecule has 7 heteroatoms. The number of benzene rings is 1. The molecule has 20 heavy (non-hydrogen) atoms. The van der Waals surface area contributed by atoms with E-state index in [1.54, 1.807) is 6.07 Å². The van der Waals surface area contributed by atoms with E-state index in [1.807, 2.05) is 0 Å². The van der Waals surface area contributed by atoms with Gasteiger partial charge in [0.25, 0.3) is 5.69 Å². The molecule has 104 valence electrons. The summed E-state index contributed by atoms with van der Waals surface area (Å²) in [6, 6.07) is 6.13. The molecule has 1 fully saturated rings. The summed E-state index contributed by atoms with van der Waals surface area (Å²) in [7, 11) is 0. The molecule has 1 unspecified atom stereocenters. The molecule has 0 amide bonds. The van der Waals surface area contributed by atoms with Crippen LogP contribution in [0.25, 0.3) is 0 Å². The molecular formula is C13H13N3O4. The second-order valence-electron chi connectivity index (χ2n) is 4.58. The van der Waals surface area contributed by atoms with Crippen LogP contribution >= 0.6 is 0 Å². The lowest BCUT2D eigenvalue weighted by molar-refractivity contribution is -0.384. The average Bonchev–Trinajstić information content (AvgIpc) is 3.22. The van der Waals surface area contributed by atoms with Crippen molar-refractivity contribution >= 4 is 17.3 Å². The van der Waals surface area contributed by atoms with Crippen molar-refractivity contribution < 1.29 is 14.5 Å². The Bertz CT molecular complexity index is 590. The molecule has 1 aromatic carbocycles. The molecule has 0 aliphatic heterocycles. The molecule has 1 aliphatic carbocycles. The topological polar surface area (TPSA) is 105 Å². The van der Waals surface area contributed by atoms with Gasteiger partial charge in [0.15, 0.2) is 6.10 Å². The highest BCUT2D eigenvalue weighted by atomic mass is 16.6. The quantitative estimate of drug-likeness (QED) is 0.502. The van der Waals surface area contributed by atoms with Gasteiger partial charge in [-0.2, -0.15) is 5.26 Å². The number of nitro groups is 1. The first-order valence-electron chi connectivity index (χ1n) is 6.17. The number of hydrogen-bond donors (Lipinski definition) is 1. The number of carbonyl (C=O) groups excluding carboxylic acids is 1. The van der Waals surface area contributed by atoms with Crippen LogP contribution in [0.4, 0.5) is 11.4 Å². The van der Waals surface area contributed by atoms with Gasteiger partial charge >= 0.3 is 5.97 Å². The molecule has 0 radical (unpaired) electrons. The van der Waals surface area contributed by atoms with Gasteiger partial charge in [-0.25, -0.2) is 4.79 Å². The number of anilines is 1. The van der Waals surface area contributed by atoms with Crippen LogP contribution in [0.5, 0.6) is 0 Å². The maximum Gasteiger partial charge on any atom is 0.339 e. The van der Waals surface area contributed by atoms with E-state index in [-0.39, 0.29) is 17.3 Å². The maximum absolute atomic E-state index is 11.7. The van der Waals surface area contributed by atoms with Gasteiger partial charge in [0.1, 0.15) is 11.8 Å². The third-order valence-corrected chi connectivity index (χ3v) is 2.83. The number of nitro benzene ring substituents is 1. The molecule has 1 aliphatic rings. The Kier molecular flexibility index (Phi) is 3.84. The van der Waals surface area contributed by atoms with Crippen molar-refractivity contribution in [3.05, 3.63) is 33.9 Å². The minimum absolute atomic E-state index is 0.0557. The summed E-state index contributed by atoms with van der Waals surface area (Å²) in [5, 5.41) is 22.7. The van der Waals surface area contributed by atoms with Gasteiger partial charge in [-0.15, -0.1) is 0 Å². The fraction of sp³-hybridized carbons (Fsp3) is 0.385. The Balaban J connectivity index is 2.22. The fourth-order valence-electron chi connectivity index (χ4n) is 1.63. The Morgan fingerprint density at radius 1 is 1.60 bits per heavy atom. The number of carbonyl (C=O) groups is 1. The second-order valence-corrected chi connectivity index (χ2v) is 4.58. The van der Waals surface area contributed by atoms with Crippen LogP contribution in [0.2, 0.25) is 0 Å². The van der Waals surface area contributed by atoms with Crippen molar-refractivity contribution in [3.63, 3.8) is 0 Å². The summed E-state index contributed by atoms with van der Waals surface area (Å²) in [6.07, 6.45) is 1.08. The first kappa shape index (κ1) is 13.8. The summed E-state index contributed by atoms with van der Waals surface area (Å²) in [4.78, 5) is 22.2. The van der Waals surface area contributed by atoms with Crippen LogP contribution in [-0.4, -0.2) is 23.0 Å². The van der Waals surface area contributed by atoms with Crippen LogP contribution in [0.1, 0.15) is 30.1 Å². The fourth-order valence-corrected chi connectivity index (χ4v) is 1.63. The van der Waals surface area contributed by atoms with Crippen molar-refractivity contribution in [2.45, 2.75) is 31.9 Å². The van der Waals surface area contributed by atoms with E-state index < -0.39 is 17.0 Å². The van der Waals surface area contributed by atoms with Crippen LogP contribution in [0.15, 0.2) is 18.2 Å². The van der Waals surface area contributed by atoms with Crippen LogP contribution < -0.4 is 5.32 Å².